The molecule has 0 atom stereocenters. The van der Waals surface area contributed by atoms with Gasteiger partial charge in [-0.1, -0.05) is 17.7 Å². The van der Waals surface area contributed by atoms with Crippen LogP contribution >= 0.6 is 11.6 Å². The van der Waals surface area contributed by atoms with Crippen molar-refractivity contribution in [1.82, 2.24) is 9.97 Å². The van der Waals surface area contributed by atoms with E-state index in [1.165, 1.54) is 6.33 Å². The zero-order valence-electron chi connectivity index (χ0n) is 13.4. The topological polar surface area (TPSA) is 68.3 Å². The van der Waals surface area contributed by atoms with E-state index in [-0.39, 0.29) is 6.79 Å². The molecule has 0 unspecified atom stereocenters. The molecule has 0 fully saturated rings. The maximum atomic E-state index is 6.16. The quantitative estimate of drug-likeness (QED) is 0.710. The van der Waals surface area contributed by atoms with Gasteiger partial charge in [-0.25, -0.2) is 9.97 Å². The van der Waals surface area contributed by atoms with Crippen LogP contribution in [0.15, 0.2) is 48.8 Å². The molecule has 2 heterocycles. The molecule has 3 aromatic rings. The largest absolute Gasteiger partial charge is 0.454 e. The molecule has 4 rings (SSSR count). The number of benzene rings is 2. The summed E-state index contributed by atoms with van der Waals surface area (Å²) in [6, 6.07) is 13.2. The van der Waals surface area contributed by atoms with E-state index in [0.717, 1.165) is 22.7 Å². The lowest BCUT2D eigenvalue weighted by Gasteiger charge is -2.10. The molecule has 126 valence electrons. The van der Waals surface area contributed by atoms with E-state index >= 15 is 0 Å². The Bertz CT molecular complexity index is 933. The van der Waals surface area contributed by atoms with Gasteiger partial charge in [-0.2, -0.15) is 0 Å². The second kappa shape index (κ2) is 6.49. The minimum atomic E-state index is 0.249. The molecule has 0 radical (unpaired) electrons. The zero-order chi connectivity index (χ0) is 17.2. The standard InChI is InChI=1S/C18H15ClN4O2/c1-11-2-3-12(6-14(11)19)22-17-8-18(21-9-20-17)23-13-4-5-15-16(7-13)25-10-24-15/h2-9H,10H2,1H3,(H2,20,21,22,23). The van der Waals surface area contributed by atoms with E-state index in [9.17, 15) is 0 Å². The van der Waals surface area contributed by atoms with Gasteiger partial charge in [0.2, 0.25) is 6.79 Å². The minimum Gasteiger partial charge on any atom is -0.454 e. The van der Waals surface area contributed by atoms with Gasteiger partial charge < -0.3 is 20.1 Å². The summed E-state index contributed by atoms with van der Waals surface area (Å²) >= 11 is 6.16. The van der Waals surface area contributed by atoms with Gasteiger partial charge in [0, 0.05) is 28.5 Å². The van der Waals surface area contributed by atoms with Crippen LogP contribution in [-0.2, 0) is 0 Å². The van der Waals surface area contributed by atoms with Crippen molar-refractivity contribution in [3.8, 4) is 11.5 Å². The first kappa shape index (κ1) is 15.5. The Morgan fingerprint density at radius 3 is 2.32 bits per heavy atom. The number of aryl methyl sites for hydroxylation is 1. The van der Waals surface area contributed by atoms with Crippen LogP contribution in [0.25, 0.3) is 0 Å². The number of halogens is 1. The van der Waals surface area contributed by atoms with E-state index in [1.807, 2.05) is 49.4 Å². The van der Waals surface area contributed by atoms with Crippen LogP contribution in [0.2, 0.25) is 5.02 Å². The number of anilines is 4. The van der Waals surface area contributed by atoms with Crippen molar-refractivity contribution in [3.63, 3.8) is 0 Å². The van der Waals surface area contributed by atoms with Gasteiger partial charge in [0.05, 0.1) is 0 Å². The van der Waals surface area contributed by atoms with Gasteiger partial charge in [-0.15, -0.1) is 0 Å². The number of hydrogen-bond acceptors (Lipinski definition) is 6. The van der Waals surface area contributed by atoms with Crippen molar-refractivity contribution < 1.29 is 9.47 Å². The van der Waals surface area contributed by atoms with Gasteiger partial charge >= 0.3 is 0 Å². The number of ether oxygens (including phenoxy) is 2. The molecule has 1 aromatic heterocycles. The first-order valence-electron chi connectivity index (χ1n) is 7.69. The predicted molar refractivity (Wildman–Crippen MR) is 97.4 cm³/mol. The number of fused-ring (bicyclic) bond motifs is 1. The van der Waals surface area contributed by atoms with Crippen LogP contribution in [0.5, 0.6) is 11.5 Å². The smallest absolute Gasteiger partial charge is 0.231 e. The van der Waals surface area contributed by atoms with Gasteiger partial charge in [-0.3, -0.25) is 0 Å². The van der Waals surface area contributed by atoms with Crippen molar-refractivity contribution in [2.75, 3.05) is 17.4 Å². The lowest BCUT2D eigenvalue weighted by atomic mass is 10.2. The molecular formula is C18H15ClN4O2. The molecule has 0 amide bonds. The monoisotopic (exact) mass is 354 g/mol. The summed E-state index contributed by atoms with van der Waals surface area (Å²) in [6.07, 6.45) is 1.49. The van der Waals surface area contributed by atoms with Gasteiger partial charge in [0.15, 0.2) is 11.5 Å². The van der Waals surface area contributed by atoms with E-state index in [0.29, 0.717) is 22.4 Å². The van der Waals surface area contributed by atoms with E-state index in [2.05, 4.69) is 20.6 Å². The van der Waals surface area contributed by atoms with Crippen molar-refractivity contribution >= 4 is 34.6 Å². The van der Waals surface area contributed by atoms with Crippen molar-refractivity contribution in [2.24, 2.45) is 0 Å². The SMILES string of the molecule is Cc1ccc(Nc2cc(Nc3ccc4c(c3)OCO4)ncn2)cc1Cl. The average Bonchev–Trinajstić information content (AvgIpc) is 3.06. The molecule has 7 heteroatoms. The highest BCUT2D eigenvalue weighted by Crippen LogP contribution is 2.35. The van der Waals surface area contributed by atoms with Gasteiger partial charge in [-0.05, 0) is 36.8 Å². The van der Waals surface area contributed by atoms with E-state index in [1.54, 1.807) is 0 Å². The lowest BCUT2D eigenvalue weighted by molar-refractivity contribution is 0.174. The van der Waals surface area contributed by atoms with Crippen molar-refractivity contribution in [1.29, 1.82) is 0 Å². The van der Waals surface area contributed by atoms with Crippen molar-refractivity contribution in [3.05, 3.63) is 59.4 Å². The number of rotatable bonds is 4. The molecule has 0 saturated carbocycles. The number of nitrogens with one attached hydrogen (secondary N) is 2. The second-order valence-electron chi connectivity index (χ2n) is 5.57. The maximum absolute atomic E-state index is 6.16. The third kappa shape index (κ3) is 3.44. The van der Waals surface area contributed by atoms with E-state index < -0.39 is 0 Å². The highest BCUT2D eigenvalue weighted by atomic mass is 35.5. The highest BCUT2D eigenvalue weighted by molar-refractivity contribution is 6.31. The first-order valence-corrected chi connectivity index (χ1v) is 8.07. The van der Waals surface area contributed by atoms with Crippen LogP contribution in [0.3, 0.4) is 0 Å². The normalized spacial score (nSPS) is 12.1. The zero-order valence-corrected chi connectivity index (χ0v) is 14.2. The van der Waals surface area contributed by atoms with Crippen LogP contribution < -0.4 is 20.1 Å². The fraction of sp³-hybridized carbons (Fsp3) is 0.111. The van der Waals surface area contributed by atoms with Crippen LogP contribution in [-0.4, -0.2) is 16.8 Å². The Labute approximate surface area is 149 Å². The molecule has 2 N–H and O–H groups in total. The number of hydrogen-bond donors (Lipinski definition) is 2. The lowest BCUT2D eigenvalue weighted by Crippen LogP contribution is -1.98. The summed E-state index contributed by atoms with van der Waals surface area (Å²) < 4.78 is 10.7. The summed E-state index contributed by atoms with van der Waals surface area (Å²) in [5, 5.41) is 7.15. The van der Waals surface area contributed by atoms with Crippen LogP contribution in [0.4, 0.5) is 23.0 Å². The summed E-state index contributed by atoms with van der Waals surface area (Å²) in [5.41, 5.74) is 2.75. The Kier molecular flexibility index (Phi) is 4.03. The molecule has 0 saturated heterocycles. The van der Waals surface area contributed by atoms with Gasteiger partial charge in [0.25, 0.3) is 0 Å². The Balaban J connectivity index is 1.52. The highest BCUT2D eigenvalue weighted by Gasteiger charge is 2.13. The average molecular weight is 355 g/mol. The first-order chi connectivity index (χ1) is 12.2. The molecule has 1 aliphatic heterocycles. The summed E-state index contributed by atoms with van der Waals surface area (Å²) in [6.45, 7) is 2.21. The predicted octanol–water partition coefficient (Wildman–Crippen LogP) is 4.65. The Morgan fingerprint density at radius 1 is 0.880 bits per heavy atom. The summed E-state index contributed by atoms with van der Waals surface area (Å²) in [7, 11) is 0. The summed E-state index contributed by atoms with van der Waals surface area (Å²) in [4.78, 5) is 8.48. The molecule has 1 aliphatic rings. The fourth-order valence-corrected chi connectivity index (χ4v) is 2.62. The molecule has 0 aliphatic carbocycles. The minimum absolute atomic E-state index is 0.249. The molecule has 2 aromatic carbocycles. The number of nitrogens with zero attached hydrogens (tertiary/aromatic N) is 2. The molecule has 0 bridgehead atoms. The molecule has 0 spiro atoms. The molecule has 25 heavy (non-hydrogen) atoms. The Hall–Kier alpha value is -2.99. The van der Waals surface area contributed by atoms with Crippen LogP contribution in [0, 0.1) is 6.92 Å². The van der Waals surface area contributed by atoms with Crippen molar-refractivity contribution in [2.45, 2.75) is 6.92 Å². The molecule has 6 nitrogen and oxygen atoms in total. The second-order valence-corrected chi connectivity index (χ2v) is 5.98. The third-order valence-corrected chi connectivity index (χ3v) is 4.16. The van der Waals surface area contributed by atoms with E-state index in [4.69, 9.17) is 21.1 Å². The van der Waals surface area contributed by atoms with Crippen LogP contribution in [0.1, 0.15) is 5.56 Å². The van der Waals surface area contributed by atoms with Gasteiger partial charge in [0.1, 0.15) is 18.0 Å². The third-order valence-electron chi connectivity index (χ3n) is 3.76. The number of aromatic nitrogens is 2. The Morgan fingerprint density at radius 2 is 1.56 bits per heavy atom. The maximum Gasteiger partial charge on any atom is 0.231 e. The fourth-order valence-electron chi connectivity index (χ4n) is 2.43. The molecular weight excluding hydrogens is 340 g/mol. The summed E-state index contributed by atoms with van der Waals surface area (Å²) in [5.74, 6) is 2.78.